The van der Waals surface area contributed by atoms with E-state index in [4.69, 9.17) is 5.73 Å². The first-order valence-corrected chi connectivity index (χ1v) is 7.96. The Balaban J connectivity index is 2.20. The average molecular weight is 271 g/mol. The van der Waals surface area contributed by atoms with Crippen LogP contribution in [-0.4, -0.2) is 19.0 Å². The first-order valence-electron chi connectivity index (χ1n) is 6.48. The molecule has 0 saturated heterocycles. The van der Waals surface area contributed by atoms with Crippen LogP contribution < -0.4 is 10.5 Å². The molecule has 0 aromatic carbocycles. The molecule has 102 valence electrons. The third-order valence-corrected chi connectivity index (χ3v) is 4.86. The third kappa shape index (κ3) is 2.76. The number of nitrogens with one attached hydrogen (secondary N) is 1. The summed E-state index contributed by atoms with van der Waals surface area (Å²) < 4.78 is 29.0. The zero-order chi connectivity index (χ0) is 13.2. The standard InChI is InChI=1S/C12H21N3O2S/c1-2-6-15-9-12(7-11(15)8-13)18(16,17)14-10-4-3-5-10/h7,9-10,14H,2-6,8,13H2,1H3. The Morgan fingerprint density at radius 1 is 1.50 bits per heavy atom. The van der Waals surface area contributed by atoms with Gasteiger partial charge in [-0.2, -0.15) is 0 Å². The Labute approximate surface area is 108 Å². The van der Waals surface area contributed by atoms with Crippen molar-refractivity contribution in [3.05, 3.63) is 18.0 Å². The van der Waals surface area contributed by atoms with E-state index < -0.39 is 10.0 Å². The molecule has 0 bridgehead atoms. The number of aromatic nitrogens is 1. The summed E-state index contributed by atoms with van der Waals surface area (Å²) in [5.74, 6) is 0. The van der Waals surface area contributed by atoms with Crippen LogP contribution in [0.1, 0.15) is 38.3 Å². The molecule has 1 aromatic heterocycles. The number of hydrogen-bond donors (Lipinski definition) is 2. The van der Waals surface area contributed by atoms with Gasteiger partial charge in [-0.05, 0) is 25.3 Å². The number of rotatable bonds is 6. The van der Waals surface area contributed by atoms with Crippen LogP contribution in [-0.2, 0) is 23.1 Å². The molecule has 5 nitrogen and oxygen atoms in total. The van der Waals surface area contributed by atoms with E-state index in [9.17, 15) is 8.42 Å². The lowest BCUT2D eigenvalue weighted by molar-refractivity contribution is 0.383. The van der Waals surface area contributed by atoms with Crippen molar-refractivity contribution in [1.29, 1.82) is 0 Å². The Kier molecular flexibility index (Phi) is 4.09. The van der Waals surface area contributed by atoms with Gasteiger partial charge in [0.25, 0.3) is 0 Å². The van der Waals surface area contributed by atoms with Gasteiger partial charge in [-0.3, -0.25) is 0 Å². The van der Waals surface area contributed by atoms with E-state index in [0.29, 0.717) is 11.4 Å². The Hall–Kier alpha value is -0.850. The normalized spacial score (nSPS) is 16.8. The van der Waals surface area contributed by atoms with Crippen LogP contribution in [0, 0.1) is 0 Å². The minimum absolute atomic E-state index is 0.117. The van der Waals surface area contributed by atoms with Crippen molar-refractivity contribution in [3.8, 4) is 0 Å². The summed E-state index contributed by atoms with van der Waals surface area (Å²) in [5, 5.41) is 0. The molecule has 2 rings (SSSR count). The quantitative estimate of drug-likeness (QED) is 0.816. The van der Waals surface area contributed by atoms with Crippen molar-refractivity contribution < 1.29 is 8.42 Å². The number of sulfonamides is 1. The highest BCUT2D eigenvalue weighted by Crippen LogP contribution is 2.22. The molecular formula is C12H21N3O2S. The fraction of sp³-hybridized carbons (Fsp3) is 0.667. The molecule has 1 aliphatic rings. The molecule has 0 spiro atoms. The third-order valence-electron chi connectivity index (χ3n) is 3.37. The summed E-state index contributed by atoms with van der Waals surface area (Å²) in [7, 11) is -3.38. The van der Waals surface area contributed by atoms with Gasteiger partial charge in [-0.25, -0.2) is 13.1 Å². The summed E-state index contributed by atoms with van der Waals surface area (Å²) >= 11 is 0. The van der Waals surface area contributed by atoms with E-state index >= 15 is 0 Å². The van der Waals surface area contributed by atoms with Gasteiger partial charge in [0.15, 0.2) is 0 Å². The highest BCUT2D eigenvalue weighted by molar-refractivity contribution is 7.89. The molecule has 0 atom stereocenters. The Bertz CT molecular complexity index is 503. The molecule has 0 unspecified atom stereocenters. The van der Waals surface area contributed by atoms with Gasteiger partial charge in [0.2, 0.25) is 10.0 Å². The van der Waals surface area contributed by atoms with Gasteiger partial charge in [0.1, 0.15) is 0 Å². The zero-order valence-electron chi connectivity index (χ0n) is 10.7. The highest BCUT2D eigenvalue weighted by Gasteiger charge is 2.25. The molecular weight excluding hydrogens is 250 g/mol. The molecule has 1 fully saturated rings. The molecule has 1 aromatic rings. The topological polar surface area (TPSA) is 77.1 Å². The van der Waals surface area contributed by atoms with Gasteiger partial charge >= 0.3 is 0 Å². The average Bonchev–Trinajstić information content (AvgIpc) is 2.68. The molecule has 1 aliphatic carbocycles. The first-order chi connectivity index (χ1) is 8.56. The van der Waals surface area contributed by atoms with Crippen LogP contribution in [0.3, 0.4) is 0 Å². The van der Waals surface area contributed by atoms with Crippen LogP contribution in [0.4, 0.5) is 0 Å². The predicted molar refractivity (Wildman–Crippen MR) is 70.6 cm³/mol. The zero-order valence-corrected chi connectivity index (χ0v) is 11.5. The highest BCUT2D eigenvalue weighted by atomic mass is 32.2. The summed E-state index contributed by atoms with van der Waals surface area (Å²) in [6, 6.07) is 1.79. The molecule has 1 saturated carbocycles. The summed E-state index contributed by atoms with van der Waals surface area (Å²) in [6.07, 6.45) is 5.64. The predicted octanol–water partition coefficient (Wildman–Crippen LogP) is 1.19. The molecule has 3 N–H and O–H groups in total. The largest absolute Gasteiger partial charge is 0.349 e. The van der Waals surface area contributed by atoms with Crippen molar-refractivity contribution in [2.24, 2.45) is 5.73 Å². The van der Waals surface area contributed by atoms with Crippen LogP contribution in [0.15, 0.2) is 17.2 Å². The van der Waals surface area contributed by atoms with E-state index in [-0.39, 0.29) is 6.04 Å². The van der Waals surface area contributed by atoms with Crippen molar-refractivity contribution in [1.82, 2.24) is 9.29 Å². The number of nitrogens with two attached hydrogens (primary N) is 1. The van der Waals surface area contributed by atoms with Crippen LogP contribution >= 0.6 is 0 Å². The van der Waals surface area contributed by atoms with Gasteiger partial charge < -0.3 is 10.3 Å². The van der Waals surface area contributed by atoms with Gasteiger partial charge in [-0.15, -0.1) is 0 Å². The number of nitrogens with zero attached hydrogens (tertiary/aromatic N) is 1. The minimum Gasteiger partial charge on any atom is -0.349 e. The maximum atomic E-state index is 12.2. The molecule has 1 heterocycles. The van der Waals surface area contributed by atoms with Crippen molar-refractivity contribution in [3.63, 3.8) is 0 Å². The molecule has 18 heavy (non-hydrogen) atoms. The molecule has 0 aliphatic heterocycles. The summed E-state index contributed by atoms with van der Waals surface area (Å²) in [4.78, 5) is 0.336. The lowest BCUT2D eigenvalue weighted by atomic mass is 9.94. The Morgan fingerprint density at radius 3 is 2.72 bits per heavy atom. The van der Waals surface area contributed by atoms with E-state index in [1.807, 2.05) is 4.57 Å². The van der Waals surface area contributed by atoms with E-state index in [2.05, 4.69) is 11.6 Å². The van der Waals surface area contributed by atoms with Gasteiger partial charge in [0, 0.05) is 31.0 Å². The van der Waals surface area contributed by atoms with E-state index in [1.165, 1.54) is 0 Å². The van der Waals surface area contributed by atoms with Crippen molar-refractivity contribution in [2.45, 2.75) is 56.6 Å². The molecule has 0 amide bonds. The van der Waals surface area contributed by atoms with Crippen molar-refractivity contribution in [2.75, 3.05) is 0 Å². The smallest absolute Gasteiger partial charge is 0.242 e. The monoisotopic (exact) mass is 271 g/mol. The second-order valence-electron chi connectivity index (χ2n) is 4.81. The SMILES string of the molecule is CCCn1cc(S(=O)(=O)NC2CCC2)cc1CN. The van der Waals surface area contributed by atoms with E-state index in [1.54, 1.807) is 12.3 Å². The lowest BCUT2D eigenvalue weighted by Crippen LogP contribution is -2.39. The van der Waals surface area contributed by atoms with E-state index in [0.717, 1.165) is 37.9 Å². The lowest BCUT2D eigenvalue weighted by Gasteiger charge is -2.25. The second-order valence-corrected chi connectivity index (χ2v) is 6.53. The van der Waals surface area contributed by atoms with Gasteiger partial charge in [-0.1, -0.05) is 13.3 Å². The second kappa shape index (κ2) is 5.42. The number of hydrogen-bond acceptors (Lipinski definition) is 3. The Morgan fingerprint density at radius 2 is 2.22 bits per heavy atom. The fourth-order valence-corrected chi connectivity index (χ4v) is 3.47. The summed E-state index contributed by atoms with van der Waals surface area (Å²) in [5.41, 5.74) is 6.51. The maximum Gasteiger partial charge on any atom is 0.242 e. The van der Waals surface area contributed by atoms with Crippen LogP contribution in [0.2, 0.25) is 0 Å². The molecule has 0 radical (unpaired) electrons. The van der Waals surface area contributed by atoms with Gasteiger partial charge in [0.05, 0.1) is 4.90 Å². The van der Waals surface area contributed by atoms with Crippen LogP contribution in [0.5, 0.6) is 0 Å². The van der Waals surface area contributed by atoms with Crippen LogP contribution in [0.25, 0.3) is 0 Å². The maximum absolute atomic E-state index is 12.2. The molecule has 6 heteroatoms. The number of aryl methyl sites for hydroxylation is 1. The van der Waals surface area contributed by atoms with Crippen molar-refractivity contribution >= 4 is 10.0 Å². The summed E-state index contributed by atoms with van der Waals surface area (Å²) in [6.45, 7) is 3.21. The minimum atomic E-state index is -3.38. The first kappa shape index (κ1) is 13.6. The fourth-order valence-electron chi connectivity index (χ4n) is 2.11.